The molecule has 0 unspecified atom stereocenters. The first kappa shape index (κ1) is 38.6. The third-order valence-electron chi connectivity index (χ3n) is 7.31. The zero-order valence-electron chi connectivity index (χ0n) is 26.7. The number of esters is 1. The summed E-state index contributed by atoms with van der Waals surface area (Å²) in [6.07, 6.45) is 38.5. The molecule has 0 radical (unpaired) electrons. The Morgan fingerprint density at radius 2 is 0.622 bits per heavy atom. The molecule has 37 heavy (non-hydrogen) atoms. The zero-order chi connectivity index (χ0) is 27.7. The van der Waals surface area contributed by atoms with Crippen molar-refractivity contribution in [2.75, 3.05) is 0 Å². The summed E-state index contributed by atoms with van der Waals surface area (Å²) >= 11 is 0. The highest BCUT2D eigenvalue weighted by molar-refractivity contribution is 5.69. The van der Waals surface area contributed by atoms with Crippen LogP contribution in [-0.4, -0.2) is 12.1 Å². The van der Waals surface area contributed by atoms with E-state index in [1.165, 1.54) is 167 Å². The molecule has 0 spiro atoms. The first-order valence-electron chi connectivity index (χ1n) is 17.3. The molecule has 0 bridgehead atoms. The summed E-state index contributed by atoms with van der Waals surface area (Å²) in [5.74, 6) is -0.0362. The minimum atomic E-state index is -0.0362. The van der Waals surface area contributed by atoms with Gasteiger partial charge in [-0.25, -0.2) is 0 Å². The molecule has 2 heteroatoms. The van der Waals surface area contributed by atoms with Crippen molar-refractivity contribution >= 4 is 5.97 Å². The lowest BCUT2D eigenvalue weighted by Gasteiger charge is -2.07. The Morgan fingerprint density at radius 1 is 0.405 bits per heavy atom. The fraction of sp³-hybridized carbons (Fsp3) is 0.971. The molecule has 0 aromatic heterocycles. The first-order valence-corrected chi connectivity index (χ1v) is 17.3. The highest BCUT2D eigenvalue weighted by Gasteiger charge is 2.04. The van der Waals surface area contributed by atoms with Gasteiger partial charge in [-0.15, -0.1) is 0 Å². The van der Waals surface area contributed by atoms with Crippen molar-refractivity contribution in [3.05, 3.63) is 0 Å². The lowest BCUT2D eigenvalue weighted by Crippen LogP contribution is -2.10. The van der Waals surface area contributed by atoms with Gasteiger partial charge in [0.2, 0.25) is 0 Å². The summed E-state index contributed by atoms with van der Waals surface area (Å²) in [5, 5.41) is 0. The smallest absolute Gasteiger partial charge is 0.306 e. The normalized spacial score (nSPS) is 11.0. The lowest BCUT2D eigenvalue weighted by molar-refractivity contribution is -0.147. The van der Waals surface area contributed by atoms with Crippen LogP contribution < -0.4 is 0 Å². The van der Waals surface area contributed by atoms with Gasteiger partial charge in [0, 0.05) is 6.42 Å². The third kappa shape index (κ3) is 40.1. The van der Waals surface area contributed by atoms with Gasteiger partial charge in [0.05, 0.1) is 6.10 Å². The number of carbonyl (C=O) groups excluding carboxylic acids is 1. The van der Waals surface area contributed by atoms with Crippen LogP contribution in [0, 0.1) is 0 Å². The van der Waals surface area contributed by atoms with Gasteiger partial charge < -0.3 is 4.74 Å². The van der Waals surface area contributed by atoms with E-state index in [1.807, 2.05) is 13.8 Å². The van der Waals surface area contributed by atoms with Gasteiger partial charge in [-0.1, -0.05) is 188 Å². The second-order valence-electron chi connectivity index (χ2n) is 11.8. The molecule has 2 nitrogen and oxygen atoms in total. The van der Waals surface area contributed by atoms with Gasteiger partial charge in [0.15, 0.2) is 0 Å². The van der Waals surface area contributed by atoms with E-state index >= 15 is 0 Å². The van der Waals surface area contributed by atoms with Crippen LogP contribution in [0.1, 0.15) is 214 Å². The van der Waals surface area contributed by atoms with Crippen molar-refractivity contribution < 1.29 is 9.53 Å². The highest BCUT2D eigenvalue weighted by Crippen LogP contribution is 2.14. The number of hydrogen-bond acceptors (Lipinski definition) is 2. The van der Waals surface area contributed by atoms with Crippen molar-refractivity contribution in [3.8, 4) is 0 Å². The van der Waals surface area contributed by atoms with Crippen LogP contribution in [0.15, 0.2) is 0 Å². The molecular formula is C35H72O2. The lowest BCUT2D eigenvalue weighted by atomic mass is 10.0. The predicted octanol–water partition coefficient (Wildman–Crippen LogP) is 12.9. The van der Waals surface area contributed by atoms with Gasteiger partial charge in [-0.2, -0.15) is 0 Å². The number of hydrogen-bond donors (Lipinski definition) is 0. The van der Waals surface area contributed by atoms with Crippen LogP contribution >= 0.6 is 0 Å². The molecule has 0 aliphatic heterocycles. The van der Waals surface area contributed by atoms with Crippen LogP contribution in [0.5, 0.6) is 0 Å². The Kier molecular flexibility index (Phi) is 37.0. The van der Waals surface area contributed by atoms with Gasteiger partial charge in [-0.3, -0.25) is 4.79 Å². The Balaban J connectivity index is 0. The Labute approximate surface area is 235 Å². The van der Waals surface area contributed by atoms with E-state index in [0.29, 0.717) is 6.42 Å². The maximum atomic E-state index is 11.3. The number of carbonyl (C=O) groups is 1. The van der Waals surface area contributed by atoms with Crippen LogP contribution in [0.2, 0.25) is 0 Å². The molecule has 0 N–H and O–H groups in total. The maximum absolute atomic E-state index is 11.3. The van der Waals surface area contributed by atoms with Crippen molar-refractivity contribution in [3.63, 3.8) is 0 Å². The molecule has 0 aromatic carbocycles. The molecule has 0 aromatic rings. The van der Waals surface area contributed by atoms with Crippen molar-refractivity contribution in [1.29, 1.82) is 0 Å². The molecule has 0 rings (SSSR count). The fourth-order valence-electron chi connectivity index (χ4n) is 4.88. The van der Waals surface area contributed by atoms with E-state index < -0.39 is 0 Å². The van der Waals surface area contributed by atoms with Gasteiger partial charge in [-0.05, 0) is 20.3 Å². The predicted molar refractivity (Wildman–Crippen MR) is 168 cm³/mol. The van der Waals surface area contributed by atoms with E-state index in [9.17, 15) is 4.79 Å². The van der Waals surface area contributed by atoms with Crippen LogP contribution in [0.25, 0.3) is 0 Å². The first-order chi connectivity index (χ1) is 18.1. The summed E-state index contributed by atoms with van der Waals surface area (Å²) in [7, 11) is 0. The molecule has 0 fully saturated rings. The van der Waals surface area contributed by atoms with E-state index in [0.717, 1.165) is 6.42 Å². The molecule has 0 heterocycles. The van der Waals surface area contributed by atoms with E-state index in [2.05, 4.69) is 20.8 Å². The van der Waals surface area contributed by atoms with E-state index in [1.54, 1.807) is 0 Å². The molecule has 0 aliphatic carbocycles. The summed E-state index contributed by atoms with van der Waals surface area (Å²) in [6.45, 7) is 10.7. The molecule has 0 atom stereocenters. The third-order valence-corrected chi connectivity index (χ3v) is 7.31. The average Bonchev–Trinajstić information content (AvgIpc) is 2.87. The van der Waals surface area contributed by atoms with Gasteiger partial charge in [0.1, 0.15) is 0 Å². The summed E-state index contributed by atoms with van der Waals surface area (Å²) < 4.78 is 5.10. The Hall–Kier alpha value is -0.530. The van der Waals surface area contributed by atoms with E-state index in [-0.39, 0.29) is 12.1 Å². The van der Waals surface area contributed by atoms with Crippen molar-refractivity contribution in [2.24, 2.45) is 0 Å². The molecule has 0 aliphatic rings. The quantitative estimate of drug-likeness (QED) is 0.0751. The second kappa shape index (κ2) is 35.5. The van der Waals surface area contributed by atoms with E-state index in [4.69, 9.17) is 4.74 Å². The average molecular weight is 525 g/mol. The molecule has 0 amide bonds. The van der Waals surface area contributed by atoms with Gasteiger partial charge in [0.25, 0.3) is 0 Å². The fourth-order valence-corrected chi connectivity index (χ4v) is 4.88. The molecule has 224 valence electrons. The molecular weight excluding hydrogens is 452 g/mol. The Morgan fingerprint density at radius 3 is 0.838 bits per heavy atom. The van der Waals surface area contributed by atoms with Crippen LogP contribution in [0.3, 0.4) is 0 Å². The second-order valence-corrected chi connectivity index (χ2v) is 11.8. The SMILES string of the molecule is CCCCCCCCCCCCCC(=O)OC(C)C.CCCCCCCCCCCCCCCCCC. The number of rotatable bonds is 28. The highest BCUT2D eigenvalue weighted by atomic mass is 16.5. The number of unbranched alkanes of at least 4 members (excludes halogenated alkanes) is 25. The largest absolute Gasteiger partial charge is 0.463 e. The number of ether oxygens (including phenoxy) is 1. The van der Waals surface area contributed by atoms with Gasteiger partial charge >= 0.3 is 5.97 Å². The standard InChI is InChI=1S/C18H38.C17H34O2/c1-3-5-7-9-11-13-15-17-18-16-14-12-10-8-6-4-2;1-4-5-6-7-8-9-10-11-12-13-14-15-17(18)19-16(2)3/h3-18H2,1-2H3;16H,4-15H2,1-3H3. The van der Waals surface area contributed by atoms with Crippen LogP contribution in [-0.2, 0) is 9.53 Å². The maximum Gasteiger partial charge on any atom is 0.306 e. The minimum Gasteiger partial charge on any atom is -0.463 e. The van der Waals surface area contributed by atoms with Crippen molar-refractivity contribution in [2.45, 2.75) is 221 Å². The summed E-state index contributed by atoms with van der Waals surface area (Å²) in [5.41, 5.74) is 0. The summed E-state index contributed by atoms with van der Waals surface area (Å²) in [6, 6.07) is 0. The topological polar surface area (TPSA) is 26.3 Å². The Bertz CT molecular complexity index is 388. The zero-order valence-corrected chi connectivity index (χ0v) is 26.7. The molecule has 0 saturated carbocycles. The molecule has 0 saturated heterocycles. The van der Waals surface area contributed by atoms with Crippen molar-refractivity contribution in [1.82, 2.24) is 0 Å². The monoisotopic (exact) mass is 525 g/mol. The van der Waals surface area contributed by atoms with Crippen LogP contribution in [0.4, 0.5) is 0 Å². The minimum absolute atomic E-state index is 0.0280. The summed E-state index contributed by atoms with van der Waals surface area (Å²) in [4.78, 5) is 11.3.